The number of hydrogen-bond acceptors (Lipinski definition) is 5. The summed E-state index contributed by atoms with van der Waals surface area (Å²) in [6.07, 6.45) is -5.34. The van der Waals surface area contributed by atoms with Gasteiger partial charge >= 0.3 is 12.2 Å². The summed E-state index contributed by atoms with van der Waals surface area (Å²) in [6, 6.07) is 18.5. The summed E-state index contributed by atoms with van der Waals surface area (Å²) in [4.78, 5) is 27.8. The SMILES string of the molecule is COc1cc(C2C(C(=O)c3ccccc3)C(O)(C(F)(F)F)N(C)C(=O)N2C)ccc1OCc1ccccc1. The lowest BCUT2D eigenvalue weighted by Crippen LogP contribution is -2.73. The number of urea groups is 1. The molecule has 1 aliphatic heterocycles. The highest BCUT2D eigenvalue weighted by Gasteiger charge is 2.70. The molecule has 1 aliphatic rings. The van der Waals surface area contributed by atoms with Gasteiger partial charge in [-0.2, -0.15) is 13.2 Å². The number of hydrogen-bond donors (Lipinski definition) is 1. The van der Waals surface area contributed by atoms with E-state index in [0.29, 0.717) is 5.75 Å². The van der Waals surface area contributed by atoms with Gasteiger partial charge in [-0.05, 0) is 23.3 Å². The lowest BCUT2D eigenvalue weighted by atomic mass is 9.75. The number of halogens is 3. The Morgan fingerprint density at radius 1 is 0.974 bits per heavy atom. The number of amides is 2. The van der Waals surface area contributed by atoms with Gasteiger partial charge in [0.1, 0.15) is 12.5 Å². The molecule has 10 heteroatoms. The lowest BCUT2D eigenvalue weighted by Gasteiger charge is -2.53. The fraction of sp³-hybridized carbons (Fsp3) is 0.286. The first kappa shape index (κ1) is 27.0. The standard InChI is InChI=1S/C28H27F3N2O5/c1-32-24(20-14-15-21(22(16-20)37-3)38-17-18-10-6-4-7-11-18)23(25(34)19-12-8-5-9-13-19)27(36,28(29,30)31)33(2)26(32)35/h4-16,23-24,36H,17H2,1-3H3. The smallest absolute Gasteiger partial charge is 0.437 e. The highest BCUT2D eigenvalue weighted by atomic mass is 19.4. The van der Waals surface area contributed by atoms with Gasteiger partial charge in [0.15, 0.2) is 17.3 Å². The van der Waals surface area contributed by atoms with E-state index in [-0.39, 0.29) is 28.4 Å². The molecule has 0 bridgehead atoms. The van der Waals surface area contributed by atoms with Crippen LogP contribution in [-0.4, -0.2) is 59.8 Å². The molecule has 0 aliphatic carbocycles. The monoisotopic (exact) mass is 528 g/mol. The average Bonchev–Trinajstić information content (AvgIpc) is 2.92. The molecule has 1 N–H and O–H groups in total. The number of methoxy groups -OCH3 is 1. The van der Waals surface area contributed by atoms with Crippen LogP contribution in [0.1, 0.15) is 27.5 Å². The van der Waals surface area contributed by atoms with Gasteiger partial charge in [-0.25, -0.2) is 4.79 Å². The molecule has 2 amide bonds. The second-order valence-electron chi connectivity index (χ2n) is 9.01. The quantitative estimate of drug-likeness (QED) is 0.434. The van der Waals surface area contributed by atoms with Crippen molar-refractivity contribution in [1.82, 2.24) is 9.80 Å². The molecule has 3 aromatic carbocycles. The largest absolute Gasteiger partial charge is 0.493 e. The van der Waals surface area contributed by atoms with E-state index in [9.17, 15) is 27.9 Å². The number of ketones is 1. The van der Waals surface area contributed by atoms with Crippen molar-refractivity contribution in [2.75, 3.05) is 21.2 Å². The van der Waals surface area contributed by atoms with Crippen molar-refractivity contribution in [3.05, 3.63) is 95.6 Å². The number of carbonyl (C=O) groups excluding carboxylic acids is 2. The van der Waals surface area contributed by atoms with E-state index in [1.54, 1.807) is 6.07 Å². The number of carbonyl (C=O) groups is 2. The molecule has 0 saturated carbocycles. The first-order valence-corrected chi connectivity index (χ1v) is 11.7. The molecule has 0 spiro atoms. The number of nitrogens with zero attached hydrogens (tertiary/aromatic N) is 2. The summed E-state index contributed by atoms with van der Waals surface area (Å²) in [5, 5.41) is 11.2. The zero-order valence-electron chi connectivity index (χ0n) is 21.0. The maximum absolute atomic E-state index is 14.5. The number of rotatable bonds is 7. The van der Waals surface area contributed by atoms with Gasteiger partial charge in [-0.3, -0.25) is 9.69 Å². The van der Waals surface area contributed by atoms with E-state index < -0.39 is 35.7 Å². The van der Waals surface area contributed by atoms with Crippen molar-refractivity contribution >= 4 is 11.8 Å². The predicted octanol–water partition coefficient (Wildman–Crippen LogP) is 5.06. The Labute approximate surface area is 218 Å². The summed E-state index contributed by atoms with van der Waals surface area (Å²) in [5.41, 5.74) is -2.75. The van der Waals surface area contributed by atoms with Gasteiger partial charge < -0.3 is 19.5 Å². The molecule has 0 aromatic heterocycles. The highest BCUT2D eigenvalue weighted by Crippen LogP contribution is 2.51. The molecule has 38 heavy (non-hydrogen) atoms. The highest BCUT2D eigenvalue weighted by molar-refractivity contribution is 6.00. The van der Waals surface area contributed by atoms with Crippen LogP contribution in [0, 0.1) is 5.92 Å². The van der Waals surface area contributed by atoms with E-state index in [1.807, 2.05) is 30.3 Å². The van der Waals surface area contributed by atoms with E-state index in [4.69, 9.17) is 9.47 Å². The molecule has 200 valence electrons. The topological polar surface area (TPSA) is 79.3 Å². The molecule has 1 heterocycles. The van der Waals surface area contributed by atoms with Gasteiger partial charge in [0, 0.05) is 19.7 Å². The van der Waals surface area contributed by atoms with E-state index >= 15 is 0 Å². The molecular weight excluding hydrogens is 501 g/mol. The number of benzene rings is 3. The van der Waals surface area contributed by atoms with Crippen LogP contribution in [0.25, 0.3) is 0 Å². The van der Waals surface area contributed by atoms with Crippen LogP contribution in [0.4, 0.5) is 18.0 Å². The van der Waals surface area contributed by atoms with Crippen molar-refractivity contribution < 1.29 is 37.3 Å². The molecular formula is C28H27F3N2O5. The van der Waals surface area contributed by atoms with Crippen LogP contribution in [0.5, 0.6) is 11.5 Å². The maximum Gasteiger partial charge on any atom is 0.437 e. The van der Waals surface area contributed by atoms with Gasteiger partial charge in [0.05, 0.1) is 13.2 Å². The summed E-state index contributed by atoms with van der Waals surface area (Å²) in [6.45, 7) is 0.214. The Bertz CT molecular complexity index is 1300. The zero-order valence-corrected chi connectivity index (χ0v) is 21.0. The Morgan fingerprint density at radius 2 is 1.58 bits per heavy atom. The predicted molar refractivity (Wildman–Crippen MR) is 133 cm³/mol. The van der Waals surface area contributed by atoms with Crippen molar-refractivity contribution in [1.29, 1.82) is 0 Å². The van der Waals surface area contributed by atoms with Crippen LogP contribution < -0.4 is 9.47 Å². The van der Waals surface area contributed by atoms with Crippen LogP contribution >= 0.6 is 0 Å². The van der Waals surface area contributed by atoms with Gasteiger partial charge in [-0.1, -0.05) is 66.7 Å². The number of Topliss-reactive ketones (excluding diaryl/α,β-unsaturated/α-hetero) is 1. The Hall–Kier alpha value is -4.05. The van der Waals surface area contributed by atoms with Crippen LogP contribution in [0.3, 0.4) is 0 Å². The Kier molecular flexibility index (Phi) is 7.37. The van der Waals surface area contributed by atoms with Crippen LogP contribution in [0.2, 0.25) is 0 Å². The molecule has 4 rings (SSSR count). The molecule has 7 nitrogen and oxygen atoms in total. The molecule has 3 atom stereocenters. The lowest BCUT2D eigenvalue weighted by molar-refractivity contribution is -0.328. The Balaban J connectivity index is 1.81. The fourth-order valence-electron chi connectivity index (χ4n) is 4.77. The first-order chi connectivity index (χ1) is 18.0. The molecule has 0 radical (unpaired) electrons. The minimum Gasteiger partial charge on any atom is -0.493 e. The third-order valence-corrected chi connectivity index (χ3v) is 6.79. The number of alkyl halides is 3. The van der Waals surface area contributed by atoms with Crippen LogP contribution in [0.15, 0.2) is 78.9 Å². The summed E-state index contributed by atoms with van der Waals surface area (Å²) < 4.78 is 54.8. The normalized spacial score (nSPS) is 21.8. The number of ether oxygens (including phenoxy) is 2. The average molecular weight is 529 g/mol. The van der Waals surface area contributed by atoms with E-state index in [1.165, 1.54) is 56.6 Å². The van der Waals surface area contributed by atoms with Gasteiger partial charge in [0.2, 0.25) is 0 Å². The Morgan fingerprint density at radius 3 is 2.16 bits per heavy atom. The summed E-state index contributed by atoms with van der Waals surface area (Å²) in [5.74, 6) is -2.57. The summed E-state index contributed by atoms with van der Waals surface area (Å²) in [7, 11) is 3.49. The maximum atomic E-state index is 14.5. The zero-order chi connectivity index (χ0) is 27.7. The van der Waals surface area contributed by atoms with Gasteiger partial charge in [-0.15, -0.1) is 0 Å². The summed E-state index contributed by atoms with van der Waals surface area (Å²) >= 11 is 0. The third-order valence-electron chi connectivity index (χ3n) is 6.79. The molecule has 3 aromatic rings. The van der Waals surface area contributed by atoms with Gasteiger partial charge in [0.25, 0.3) is 5.72 Å². The van der Waals surface area contributed by atoms with E-state index in [2.05, 4.69) is 0 Å². The fourth-order valence-corrected chi connectivity index (χ4v) is 4.77. The second-order valence-corrected chi connectivity index (χ2v) is 9.01. The molecule has 3 unspecified atom stereocenters. The van der Waals surface area contributed by atoms with Crippen molar-refractivity contribution in [3.63, 3.8) is 0 Å². The third kappa shape index (κ3) is 4.67. The molecule has 1 fully saturated rings. The van der Waals surface area contributed by atoms with Crippen LogP contribution in [-0.2, 0) is 6.61 Å². The van der Waals surface area contributed by atoms with E-state index in [0.717, 1.165) is 17.5 Å². The van der Waals surface area contributed by atoms with Crippen molar-refractivity contribution in [3.8, 4) is 11.5 Å². The molecule has 1 saturated heterocycles. The van der Waals surface area contributed by atoms with Crippen molar-refractivity contribution in [2.24, 2.45) is 5.92 Å². The minimum atomic E-state index is -5.34. The second kappa shape index (κ2) is 10.4. The minimum absolute atomic E-state index is 0.0314. The van der Waals surface area contributed by atoms with Crippen molar-refractivity contribution in [2.45, 2.75) is 24.6 Å². The number of aliphatic hydroxyl groups is 1. The first-order valence-electron chi connectivity index (χ1n) is 11.7.